The van der Waals surface area contributed by atoms with Gasteiger partial charge in [0.15, 0.2) is 0 Å². The van der Waals surface area contributed by atoms with Crippen LogP contribution in [0.4, 0.5) is 0 Å². The Kier molecular flexibility index (Phi) is 7.35. The number of carbonyl (C=O) groups excluding carboxylic acids is 1. The van der Waals surface area contributed by atoms with E-state index in [9.17, 15) is 15.0 Å². The summed E-state index contributed by atoms with van der Waals surface area (Å²) >= 11 is 0. The highest BCUT2D eigenvalue weighted by atomic mass is 16.5. The molecule has 0 heterocycles. The molecule has 0 aromatic carbocycles. The minimum atomic E-state index is -0.634. The topological polar surface area (TPSA) is 66.8 Å². The fraction of sp³-hybridized carbons (Fsp3) is 0.690. The van der Waals surface area contributed by atoms with Gasteiger partial charge >= 0.3 is 5.97 Å². The number of aliphatic hydroxyl groups is 2. The minimum Gasteiger partial charge on any atom is -0.458 e. The molecule has 7 atom stereocenters. The number of hydrogen-bond donors (Lipinski definition) is 2. The fourth-order valence-corrected chi connectivity index (χ4v) is 6.94. The van der Waals surface area contributed by atoms with E-state index in [1.807, 2.05) is 0 Å². The van der Waals surface area contributed by atoms with Gasteiger partial charge in [0.05, 0.1) is 12.2 Å². The van der Waals surface area contributed by atoms with Gasteiger partial charge in [0.1, 0.15) is 6.10 Å². The Morgan fingerprint density at radius 2 is 1.94 bits per heavy atom. The zero-order valence-corrected chi connectivity index (χ0v) is 20.6. The van der Waals surface area contributed by atoms with E-state index in [1.165, 1.54) is 38.2 Å². The third-order valence-electron chi connectivity index (χ3n) is 8.93. The smallest absolute Gasteiger partial charge is 0.303 e. The minimum absolute atomic E-state index is 0.0577. The highest BCUT2D eigenvalue weighted by Crippen LogP contribution is 2.59. The SMILES string of the molecule is C=C1C(=CC=C2CCC[C@]3(C)[C@@H]([C@H](C)C=C[C@@H](OC(C)=O)C4CC4)CC[C@@H]23)C[C@@H](O)C[C@@H]1O. The van der Waals surface area contributed by atoms with Crippen LogP contribution >= 0.6 is 0 Å². The molecule has 2 N–H and O–H groups in total. The number of carbonyl (C=O) groups is 1. The molecule has 4 aliphatic carbocycles. The van der Waals surface area contributed by atoms with Crippen molar-refractivity contribution in [3.05, 3.63) is 47.6 Å². The van der Waals surface area contributed by atoms with Gasteiger partial charge in [-0.25, -0.2) is 0 Å². The maximum Gasteiger partial charge on any atom is 0.303 e. The van der Waals surface area contributed by atoms with E-state index in [4.69, 9.17) is 4.74 Å². The Bertz CT molecular complexity index is 848. The van der Waals surface area contributed by atoms with Crippen molar-refractivity contribution in [2.24, 2.45) is 29.1 Å². The second-order valence-corrected chi connectivity index (χ2v) is 11.3. The first-order valence-electron chi connectivity index (χ1n) is 13.0. The maximum absolute atomic E-state index is 11.5. The molecule has 4 saturated carbocycles. The van der Waals surface area contributed by atoms with E-state index in [-0.39, 0.29) is 17.5 Å². The molecule has 0 amide bonds. The molecule has 4 rings (SSSR count). The summed E-state index contributed by atoms with van der Waals surface area (Å²) in [6.45, 7) is 10.4. The third-order valence-corrected chi connectivity index (χ3v) is 8.93. The molecule has 4 heteroatoms. The first-order chi connectivity index (χ1) is 15.7. The quantitative estimate of drug-likeness (QED) is 0.401. The average Bonchev–Trinajstić information content (AvgIpc) is 3.53. The van der Waals surface area contributed by atoms with Crippen LogP contribution in [-0.2, 0) is 9.53 Å². The van der Waals surface area contributed by atoms with Crippen LogP contribution < -0.4 is 0 Å². The monoisotopic (exact) mass is 454 g/mol. The largest absolute Gasteiger partial charge is 0.458 e. The fourth-order valence-electron chi connectivity index (χ4n) is 6.94. The van der Waals surface area contributed by atoms with E-state index >= 15 is 0 Å². The predicted molar refractivity (Wildman–Crippen MR) is 131 cm³/mol. The summed E-state index contributed by atoms with van der Waals surface area (Å²) in [5, 5.41) is 20.2. The molecule has 4 fully saturated rings. The molecule has 0 aromatic rings. The van der Waals surface area contributed by atoms with Crippen LogP contribution in [0.15, 0.2) is 47.6 Å². The number of ether oxygens (including phenoxy) is 1. The summed E-state index contributed by atoms with van der Waals surface area (Å²) in [6.07, 6.45) is 17.0. The van der Waals surface area contributed by atoms with Crippen molar-refractivity contribution in [1.82, 2.24) is 0 Å². The van der Waals surface area contributed by atoms with Gasteiger partial charge in [0.2, 0.25) is 0 Å². The van der Waals surface area contributed by atoms with Crippen molar-refractivity contribution in [2.45, 2.75) is 96.9 Å². The van der Waals surface area contributed by atoms with Gasteiger partial charge in [0.25, 0.3) is 0 Å². The van der Waals surface area contributed by atoms with Crippen molar-refractivity contribution in [1.29, 1.82) is 0 Å². The van der Waals surface area contributed by atoms with Crippen molar-refractivity contribution >= 4 is 5.97 Å². The van der Waals surface area contributed by atoms with Gasteiger partial charge < -0.3 is 14.9 Å². The zero-order chi connectivity index (χ0) is 23.8. The van der Waals surface area contributed by atoms with Crippen LogP contribution in [0, 0.1) is 29.1 Å². The van der Waals surface area contributed by atoms with E-state index in [0.717, 1.165) is 30.4 Å². The Labute approximate surface area is 199 Å². The van der Waals surface area contributed by atoms with Crippen molar-refractivity contribution in [3.63, 3.8) is 0 Å². The number of fused-ring (bicyclic) bond motifs is 1. The van der Waals surface area contributed by atoms with Gasteiger partial charge in [0, 0.05) is 13.3 Å². The lowest BCUT2D eigenvalue weighted by molar-refractivity contribution is -0.144. The molecule has 0 aliphatic heterocycles. The molecule has 0 spiro atoms. The lowest BCUT2D eigenvalue weighted by Gasteiger charge is -2.44. The maximum atomic E-state index is 11.5. The molecule has 0 aromatic heterocycles. The molecular weight excluding hydrogens is 412 g/mol. The van der Waals surface area contributed by atoms with Gasteiger partial charge in [-0.2, -0.15) is 0 Å². The predicted octanol–water partition coefficient (Wildman–Crippen LogP) is 5.66. The molecule has 4 nitrogen and oxygen atoms in total. The van der Waals surface area contributed by atoms with Gasteiger partial charge in [-0.1, -0.05) is 44.2 Å². The molecule has 4 aliphatic rings. The summed E-state index contributed by atoms with van der Waals surface area (Å²) in [5.41, 5.74) is 3.55. The number of esters is 1. The van der Waals surface area contributed by atoms with Gasteiger partial charge in [-0.05, 0) is 97.7 Å². The summed E-state index contributed by atoms with van der Waals surface area (Å²) in [5.74, 6) is 1.99. The first-order valence-corrected chi connectivity index (χ1v) is 13.0. The standard InChI is InChI=1S/C29H42O4/c1-18(7-14-28(22-9-10-22)33-20(3)30)25-12-13-26-21(6-5-15-29(25,26)4)8-11-23-16-24(31)17-27(32)19(23)2/h7-8,11,14,18,22,24-28,31-32H,2,5-6,9-10,12-13,15-17H2,1,3-4H3/t18-,24-,25-,26+,27+,28-,29-/m1/s1. The van der Waals surface area contributed by atoms with E-state index in [0.29, 0.717) is 36.5 Å². The molecule has 33 heavy (non-hydrogen) atoms. The van der Waals surface area contributed by atoms with Crippen LogP contribution in [0.1, 0.15) is 78.6 Å². The van der Waals surface area contributed by atoms with Crippen LogP contribution in [0.2, 0.25) is 0 Å². The first kappa shape index (κ1) is 24.5. The van der Waals surface area contributed by atoms with Crippen molar-refractivity contribution in [3.8, 4) is 0 Å². The van der Waals surface area contributed by atoms with Crippen molar-refractivity contribution in [2.75, 3.05) is 0 Å². The molecule has 182 valence electrons. The third kappa shape index (κ3) is 5.38. The van der Waals surface area contributed by atoms with E-state index < -0.39 is 12.2 Å². The highest BCUT2D eigenvalue weighted by Gasteiger charge is 2.50. The number of aliphatic hydroxyl groups excluding tert-OH is 2. The summed E-state index contributed by atoms with van der Waals surface area (Å²) in [7, 11) is 0. The molecular formula is C29H42O4. The normalized spacial score (nSPS) is 39.1. The van der Waals surface area contributed by atoms with E-state index in [2.05, 4.69) is 44.7 Å². The second-order valence-electron chi connectivity index (χ2n) is 11.3. The zero-order valence-electron chi connectivity index (χ0n) is 20.6. The van der Waals surface area contributed by atoms with Crippen LogP contribution in [0.3, 0.4) is 0 Å². The lowest BCUT2D eigenvalue weighted by Crippen LogP contribution is -2.35. The Hall–Kier alpha value is -1.65. The molecule has 0 bridgehead atoms. The van der Waals surface area contributed by atoms with Gasteiger partial charge in [-0.3, -0.25) is 4.79 Å². The average molecular weight is 455 g/mol. The van der Waals surface area contributed by atoms with Crippen LogP contribution in [0.25, 0.3) is 0 Å². The van der Waals surface area contributed by atoms with Crippen LogP contribution in [0.5, 0.6) is 0 Å². The summed E-state index contributed by atoms with van der Waals surface area (Å²) in [6, 6.07) is 0. The lowest BCUT2D eigenvalue weighted by atomic mass is 9.61. The van der Waals surface area contributed by atoms with Crippen molar-refractivity contribution < 1.29 is 19.7 Å². The Morgan fingerprint density at radius 1 is 1.18 bits per heavy atom. The summed E-state index contributed by atoms with van der Waals surface area (Å²) < 4.78 is 5.57. The van der Waals surface area contributed by atoms with E-state index in [1.54, 1.807) is 0 Å². The van der Waals surface area contributed by atoms with Crippen LogP contribution in [-0.4, -0.2) is 34.5 Å². The Balaban J connectivity index is 1.47. The molecule has 0 saturated heterocycles. The number of hydrogen-bond acceptors (Lipinski definition) is 4. The Morgan fingerprint density at radius 3 is 2.64 bits per heavy atom. The van der Waals surface area contributed by atoms with Gasteiger partial charge in [-0.15, -0.1) is 0 Å². The highest BCUT2D eigenvalue weighted by molar-refractivity contribution is 5.66. The second kappa shape index (κ2) is 9.92. The summed E-state index contributed by atoms with van der Waals surface area (Å²) in [4.78, 5) is 11.5. The molecule has 0 radical (unpaired) electrons. The number of allylic oxidation sites excluding steroid dienone is 4. The molecule has 0 unspecified atom stereocenters. The number of rotatable bonds is 6.